The smallest absolute Gasteiger partial charge is 0.161 e. The summed E-state index contributed by atoms with van der Waals surface area (Å²) in [6.07, 6.45) is 6.95. The van der Waals surface area contributed by atoms with Crippen molar-refractivity contribution in [1.29, 1.82) is 0 Å². The zero-order chi connectivity index (χ0) is 19.9. The standard InChI is InChI=1S/C23H27ClN2O2/c1-4-5-6-7-14-26-16-20(17-8-11-19(24)12-9-17)25-23(26)18-10-13-21(27-2)22(15-18)28-3/h8-13,15-16H,4-7,14H2,1-3H3. The third kappa shape index (κ3) is 4.68. The van der Waals surface area contributed by atoms with Crippen molar-refractivity contribution in [2.24, 2.45) is 0 Å². The molecule has 1 heterocycles. The molecule has 148 valence electrons. The fourth-order valence-electron chi connectivity index (χ4n) is 3.26. The van der Waals surface area contributed by atoms with E-state index in [0.717, 1.165) is 40.6 Å². The summed E-state index contributed by atoms with van der Waals surface area (Å²) in [5.74, 6) is 2.35. The number of aryl methyl sites for hydroxylation is 1. The largest absolute Gasteiger partial charge is 0.493 e. The van der Waals surface area contributed by atoms with Crippen molar-refractivity contribution in [3.05, 3.63) is 53.7 Å². The minimum absolute atomic E-state index is 0.702. The van der Waals surface area contributed by atoms with Gasteiger partial charge in [-0.1, -0.05) is 49.9 Å². The summed E-state index contributed by atoms with van der Waals surface area (Å²) in [5.41, 5.74) is 3.00. The first-order valence-corrected chi connectivity index (χ1v) is 10.1. The minimum Gasteiger partial charge on any atom is -0.493 e. The molecule has 0 atom stereocenters. The summed E-state index contributed by atoms with van der Waals surface area (Å²) in [6, 6.07) is 13.7. The molecular formula is C23H27ClN2O2. The quantitative estimate of drug-likeness (QED) is 0.387. The van der Waals surface area contributed by atoms with Gasteiger partial charge in [-0.3, -0.25) is 0 Å². The van der Waals surface area contributed by atoms with Crippen LogP contribution in [0.3, 0.4) is 0 Å². The van der Waals surface area contributed by atoms with E-state index in [2.05, 4.69) is 17.7 Å². The second-order valence-corrected chi connectivity index (χ2v) is 7.22. The SMILES string of the molecule is CCCCCCn1cc(-c2ccc(Cl)cc2)nc1-c1ccc(OC)c(OC)c1. The lowest BCUT2D eigenvalue weighted by Gasteiger charge is -2.11. The molecule has 5 heteroatoms. The topological polar surface area (TPSA) is 36.3 Å². The summed E-state index contributed by atoms with van der Waals surface area (Å²) in [6.45, 7) is 3.16. The van der Waals surface area contributed by atoms with Crippen LogP contribution in [0.5, 0.6) is 11.5 Å². The molecule has 1 aromatic heterocycles. The Morgan fingerprint density at radius 3 is 2.29 bits per heavy atom. The molecule has 0 fully saturated rings. The maximum atomic E-state index is 6.04. The van der Waals surface area contributed by atoms with Crippen LogP contribution in [0.25, 0.3) is 22.6 Å². The molecule has 0 aliphatic rings. The molecule has 0 aliphatic heterocycles. The molecule has 0 bridgehead atoms. The summed E-state index contributed by atoms with van der Waals surface area (Å²) in [4.78, 5) is 4.93. The molecule has 0 N–H and O–H groups in total. The Labute approximate surface area is 172 Å². The molecule has 0 spiro atoms. The van der Waals surface area contributed by atoms with Gasteiger partial charge in [0.25, 0.3) is 0 Å². The van der Waals surface area contributed by atoms with E-state index in [4.69, 9.17) is 26.1 Å². The van der Waals surface area contributed by atoms with Gasteiger partial charge in [-0.2, -0.15) is 0 Å². The lowest BCUT2D eigenvalue weighted by Crippen LogP contribution is -2.00. The Balaban J connectivity index is 1.98. The van der Waals surface area contributed by atoms with Crippen molar-refractivity contribution in [1.82, 2.24) is 9.55 Å². The molecule has 0 amide bonds. The number of nitrogens with zero attached hydrogens (tertiary/aromatic N) is 2. The number of hydrogen-bond acceptors (Lipinski definition) is 3. The van der Waals surface area contributed by atoms with Crippen LogP contribution in [-0.2, 0) is 6.54 Å². The molecule has 2 aromatic carbocycles. The number of unbranched alkanes of at least 4 members (excludes halogenated alkanes) is 3. The number of halogens is 1. The van der Waals surface area contributed by atoms with Crippen LogP contribution in [0.1, 0.15) is 32.6 Å². The highest BCUT2D eigenvalue weighted by molar-refractivity contribution is 6.30. The van der Waals surface area contributed by atoms with Gasteiger partial charge >= 0.3 is 0 Å². The molecule has 0 saturated heterocycles. The van der Waals surface area contributed by atoms with E-state index in [-0.39, 0.29) is 0 Å². The van der Waals surface area contributed by atoms with Crippen molar-refractivity contribution in [2.75, 3.05) is 14.2 Å². The second-order valence-electron chi connectivity index (χ2n) is 6.78. The van der Waals surface area contributed by atoms with Crippen LogP contribution in [0.15, 0.2) is 48.7 Å². The van der Waals surface area contributed by atoms with E-state index >= 15 is 0 Å². The monoisotopic (exact) mass is 398 g/mol. The highest BCUT2D eigenvalue weighted by atomic mass is 35.5. The van der Waals surface area contributed by atoms with E-state index in [0.29, 0.717) is 11.5 Å². The number of ether oxygens (including phenoxy) is 2. The molecule has 0 radical (unpaired) electrons. The van der Waals surface area contributed by atoms with Crippen LogP contribution in [0.2, 0.25) is 5.02 Å². The Morgan fingerprint density at radius 2 is 1.61 bits per heavy atom. The number of aromatic nitrogens is 2. The summed E-state index contributed by atoms with van der Waals surface area (Å²) in [5, 5.41) is 0.725. The van der Waals surface area contributed by atoms with Gasteiger partial charge in [0.15, 0.2) is 11.5 Å². The van der Waals surface area contributed by atoms with Crippen LogP contribution in [0.4, 0.5) is 0 Å². The number of hydrogen-bond donors (Lipinski definition) is 0. The van der Waals surface area contributed by atoms with E-state index in [1.54, 1.807) is 14.2 Å². The van der Waals surface area contributed by atoms with Crippen molar-refractivity contribution >= 4 is 11.6 Å². The van der Waals surface area contributed by atoms with Gasteiger partial charge in [0.05, 0.1) is 19.9 Å². The highest BCUT2D eigenvalue weighted by Crippen LogP contribution is 2.33. The lowest BCUT2D eigenvalue weighted by atomic mass is 10.1. The first kappa shape index (κ1) is 20.3. The van der Waals surface area contributed by atoms with Gasteiger partial charge in [-0.05, 0) is 36.8 Å². The van der Waals surface area contributed by atoms with E-state index < -0.39 is 0 Å². The van der Waals surface area contributed by atoms with E-state index in [1.165, 1.54) is 19.3 Å². The normalized spacial score (nSPS) is 10.9. The van der Waals surface area contributed by atoms with Crippen molar-refractivity contribution in [2.45, 2.75) is 39.2 Å². The number of rotatable bonds is 9. The maximum absolute atomic E-state index is 6.04. The molecule has 28 heavy (non-hydrogen) atoms. The lowest BCUT2D eigenvalue weighted by molar-refractivity contribution is 0.355. The third-order valence-corrected chi connectivity index (χ3v) is 5.06. The van der Waals surface area contributed by atoms with Gasteiger partial charge in [-0.15, -0.1) is 0 Å². The van der Waals surface area contributed by atoms with Gasteiger partial charge in [0, 0.05) is 28.9 Å². The second kappa shape index (κ2) is 9.65. The molecule has 3 rings (SSSR count). The van der Waals surface area contributed by atoms with Crippen molar-refractivity contribution in [3.8, 4) is 34.1 Å². The first-order chi connectivity index (χ1) is 13.7. The minimum atomic E-state index is 0.702. The van der Waals surface area contributed by atoms with Crippen LogP contribution < -0.4 is 9.47 Å². The Hall–Kier alpha value is -2.46. The first-order valence-electron chi connectivity index (χ1n) is 9.71. The Morgan fingerprint density at radius 1 is 0.893 bits per heavy atom. The maximum Gasteiger partial charge on any atom is 0.161 e. The van der Waals surface area contributed by atoms with Crippen molar-refractivity contribution < 1.29 is 9.47 Å². The summed E-state index contributed by atoms with van der Waals surface area (Å²) < 4.78 is 13.1. The predicted molar refractivity (Wildman–Crippen MR) is 115 cm³/mol. The molecule has 0 unspecified atom stereocenters. The Kier molecular flexibility index (Phi) is 6.99. The van der Waals surface area contributed by atoms with Gasteiger partial charge in [-0.25, -0.2) is 4.98 Å². The fourth-order valence-corrected chi connectivity index (χ4v) is 3.39. The van der Waals surface area contributed by atoms with Gasteiger partial charge < -0.3 is 14.0 Å². The molecular weight excluding hydrogens is 372 g/mol. The van der Waals surface area contributed by atoms with Crippen LogP contribution in [0, 0.1) is 0 Å². The third-order valence-electron chi connectivity index (χ3n) is 4.81. The molecule has 0 saturated carbocycles. The number of benzene rings is 2. The highest BCUT2D eigenvalue weighted by Gasteiger charge is 2.14. The zero-order valence-electron chi connectivity index (χ0n) is 16.7. The summed E-state index contributed by atoms with van der Waals surface area (Å²) >= 11 is 6.04. The number of imidazole rings is 1. The molecule has 3 aromatic rings. The number of methoxy groups -OCH3 is 2. The Bertz CT molecular complexity index is 903. The van der Waals surface area contributed by atoms with Gasteiger partial charge in [0.2, 0.25) is 0 Å². The average molecular weight is 399 g/mol. The average Bonchev–Trinajstić information content (AvgIpc) is 3.15. The zero-order valence-corrected chi connectivity index (χ0v) is 17.5. The molecule has 0 aliphatic carbocycles. The fraction of sp³-hybridized carbons (Fsp3) is 0.348. The van der Waals surface area contributed by atoms with E-state index in [1.807, 2.05) is 42.5 Å². The molecule has 4 nitrogen and oxygen atoms in total. The van der Waals surface area contributed by atoms with Crippen molar-refractivity contribution in [3.63, 3.8) is 0 Å². The van der Waals surface area contributed by atoms with E-state index in [9.17, 15) is 0 Å². The summed E-state index contributed by atoms with van der Waals surface area (Å²) in [7, 11) is 3.29. The van der Waals surface area contributed by atoms with Gasteiger partial charge in [0.1, 0.15) is 5.82 Å². The van der Waals surface area contributed by atoms with Crippen LogP contribution in [-0.4, -0.2) is 23.8 Å². The van der Waals surface area contributed by atoms with Crippen LogP contribution >= 0.6 is 11.6 Å². The predicted octanol–water partition coefficient (Wildman–Crippen LogP) is 6.47.